The van der Waals surface area contributed by atoms with Crippen molar-refractivity contribution in [1.29, 1.82) is 0 Å². The maximum Gasteiger partial charge on any atom is 0.475 e. The molecule has 118 heavy (non-hydrogen) atoms. The fourth-order valence-corrected chi connectivity index (χ4v) is 16.7. The van der Waals surface area contributed by atoms with Gasteiger partial charge in [-0.1, -0.05) is 372 Å². The Bertz CT molecular complexity index is 2830. The smallest absolute Gasteiger partial charge is 0.475 e. The van der Waals surface area contributed by atoms with E-state index in [1.165, 1.54) is 57.8 Å². The third kappa shape index (κ3) is 55.7. The summed E-state index contributed by atoms with van der Waals surface area (Å²) in [5, 5.41) is 28.1. The van der Waals surface area contributed by atoms with Gasteiger partial charge >= 0.3 is 37.7 Å². The van der Waals surface area contributed by atoms with Gasteiger partial charge in [0.15, 0.2) is 12.4 Å². The summed E-state index contributed by atoms with van der Waals surface area (Å²) < 4.78 is 73.4. The monoisotopic (exact) mass is 1680 g/mol. The number of phosphoric acid groups is 1. The Labute approximate surface area is 714 Å². The average Bonchev–Trinajstić information content (AvgIpc) is 0.774. The standard InChI is InChI=1S/C96H165N2O19P/c1-7-13-19-25-31-34-40-43-55-65-82(112-89(104)68-58-46-37-28-22-16-10-4)72-86(100)97-81(71-88(102)103)78-109-96-93(98-87(101)73-83(66-56-44-41-35-32-26-20-14-8-2)113-90(105)69-59-47-38-29-23-17-11-5)95(94(85(75-99)115-96)117-118(108,110-76-79-61-51-49-52-62-79)111-77-80-63-53-50-54-64-80)116-92(107)74-84(67-57-45-42-36-33-27-21-15-9-3)114-91(106)70-60-48-39-30-24-18-12-6/h49-54,61-64,81-85,93-96,99H,7-48,55-60,65-78H2,1-6H3,(H,97,100)(H,98,101)(H,102,103)/t81-,82-,83-,84-,85-,93-,94-,95-,96-/m1/s1. The Morgan fingerprint density at radius 1 is 0.398 bits per heavy atom. The molecule has 0 radical (unpaired) electrons. The number of esters is 4. The molecule has 0 saturated carbocycles. The molecule has 678 valence electrons. The van der Waals surface area contributed by atoms with Gasteiger partial charge in [-0.3, -0.25) is 47.1 Å². The van der Waals surface area contributed by atoms with Crippen molar-refractivity contribution in [2.75, 3.05) is 13.2 Å². The highest BCUT2D eigenvalue weighted by molar-refractivity contribution is 7.48. The number of carboxylic acid groups (broad SMARTS) is 1. The molecule has 4 N–H and O–H groups in total. The molecule has 0 aromatic heterocycles. The summed E-state index contributed by atoms with van der Waals surface area (Å²) in [5.74, 6) is -4.86. The first-order chi connectivity index (χ1) is 57.5. The molecular formula is C96H165N2O19P. The maximum absolute atomic E-state index is 15.8. The average molecular weight is 1680 g/mol. The van der Waals surface area contributed by atoms with Crippen LogP contribution in [0.15, 0.2) is 60.7 Å². The number of aliphatic hydroxyl groups excluding tert-OH is 1. The van der Waals surface area contributed by atoms with Crippen LogP contribution in [0.25, 0.3) is 0 Å². The van der Waals surface area contributed by atoms with E-state index < -0.39 is 131 Å². The van der Waals surface area contributed by atoms with Crippen molar-refractivity contribution >= 4 is 49.5 Å². The molecule has 2 aromatic rings. The van der Waals surface area contributed by atoms with Crippen molar-refractivity contribution < 1.29 is 90.3 Å². The lowest BCUT2D eigenvalue weighted by atomic mass is 9.95. The SMILES string of the molecule is CCCCCCCCCCC[C@H](CC(=O)N[C@@H](CO[C@@H]1O[C@H](CO)[C@@H](OP(=O)(OCc2ccccc2)OCc2ccccc2)[C@H](OC(=O)C[C@@H](CCCCCCCCCCC)OC(=O)CCCCCCCCC)[C@H]1NC(=O)C[C@@H](CCCCCCCCCCC)OC(=O)CCCCCCCCC)CC(=O)O)OC(=O)CCCCCCCCC. The van der Waals surface area contributed by atoms with Crippen molar-refractivity contribution in [3.05, 3.63) is 71.8 Å². The number of hydrogen-bond acceptors (Lipinski definition) is 18. The van der Waals surface area contributed by atoms with Crippen LogP contribution in [-0.4, -0.2) is 120 Å². The third-order valence-electron chi connectivity index (χ3n) is 22.3. The Morgan fingerprint density at radius 2 is 0.720 bits per heavy atom. The summed E-state index contributed by atoms with van der Waals surface area (Å²) >= 11 is 0. The molecule has 3 rings (SSSR count). The largest absolute Gasteiger partial charge is 0.481 e. The lowest BCUT2D eigenvalue weighted by molar-refractivity contribution is -0.273. The minimum atomic E-state index is -4.94. The number of phosphoric ester groups is 1. The van der Waals surface area contributed by atoms with Gasteiger partial charge in [0.2, 0.25) is 11.8 Å². The fourth-order valence-electron chi connectivity index (χ4n) is 15.3. The first-order valence-electron chi connectivity index (χ1n) is 47.6. The molecule has 22 heteroatoms. The second kappa shape index (κ2) is 72.2. The molecule has 2 aromatic carbocycles. The van der Waals surface area contributed by atoms with Gasteiger partial charge in [0.05, 0.1) is 58.2 Å². The molecule has 2 amide bonds. The number of rotatable bonds is 80. The zero-order valence-electron chi connectivity index (χ0n) is 74.6. The predicted molar refractivity (Wildman–Crippen MR) is 469 cm³/mol. The number of unbranched alkanes of at least 4 members (excludes halogenated alkanes) is 42. The number of carboxylic acids is 1. The van der Waals surface area contributed by atoms with E-state index in [9.17, 15) is 34.2 Å². The second-order valence-corrected chi connectivity index (χ2v) is 35.0. The molecule has 1 fully saturated rings. The van der Waals surface area contributed by atoms with Gasteiger partial charge in [0, 0.05) is 19.3 Å². The zero-order valence-corrected chi connectivity index (χ0v) is 75.5. The van der Waals surface area contributed by atoms with E-state index in [0.29, 0.717) is 68.9 Å². The van der Waals surface area contributed by atoms with Crippen LogP contribution in [-0.2, 0) is 93.3 Å². The molecule has 1 heterocycles. The summed E-state index contributed by atoms with van der Waals surface area (Å²) in [7, 11) is -4.94. The lowest BCUT2D eigenvalue weighted by Gasteiger charge is -2.46. The number of aliphatic hydroxyl groups is 1. The van der Waals surface area contributed by atoms with Crippen LogP contribution in [0.4, 0.5) is 0 Å². The molecule has 9 atom stereocenters. The highest BCUT2D eigenvalue weighted by Gasteiger charge is 2.53. The molecule has 0 aliphatic carbocycles. The van der Waals surface area contributed by atoms with Gasteiger partial charge in [-0.2, -0.15) is 0 Å². The fraction of sp³-hybridized carbons (Fsp3) is 0.802. The summed E-state index contributed by atoms with van der Waals surface area (Å²) in [6.45, 7) is 11.0. The van der Waals surface area contributed by atoms with E-state index in [2.05, 4.69) is 52.2 Å². The van der Waals surface area contributed by atoms with Crippen molar-refractivity contribution in [3.8, 4) is 0 Å². The van der Waals surface area contributed by atoms with Gasteiger partial charge in [-0.15, -0.1) is 0 Å². The van der Waals surface area contributed by atoms with Gasteiger partial charge < -0.3 is 49.3 Å². The van der Waals surface area contributed by atoms with Crippen LogP contribution in [0.1, 0.15) is 425 Å². The van der Waals surface area contributed by atoms with Crippen molar-refractivity contribution in [2.24, 2.45) is 0 Å². The van der Waals surface area contributed by atoms with Crippen LogP contribution in [0.3, 0.4) is 0 Å². The number of benzene rings is 2. The van der Waals surface area contributed by atoms with Crippen molar-refractivity contribution in [3.63, 3.8) is 0 Å². The molecule has 0 spiro atoms. The number of hydrogen-bond donors (Lipinski definition) is 4. The van der Waals surface area contributed by atoms with Crippen molar-refractivity contribution in [2.45, 2.75) is 482 Å². The molecule has 21 nitrogen and oxygen atoms in total. The number of amides is 2. The quantitative estimate of drug-likeness (QED) is 0.0207. The molecule has 0 unspecified atom stereocenters. The minimum absolute atomic E-state index is 0.143. The third-order valence-corrected chi connectivity index (χ3v) is 23.7. The normalized spacial score (nSPS) is 16.5. The van der Waals surface area contributed by atoms with Crippen LogP contribution in [0, 0.1) is 0 Å². The lowest BCUT2D eigenvalue weighted by Crippen LogP contribution is -2.66. The number of carbonyl (C=O) groups is 7. The number of nitrogens with one attached hydrogen (secondary N) is 2. The van der Waals surface area contributed by atoms with Crippen LogP contribution < -0.4 is 10.6 Å². The highest BCUT2D eigenvalue weighted by atomic mass is 31.2. The Kier molecular flexibility index (Phi) is 65.4. The van der Waals surface area contributed by atoms with Crippen molar-refractivity contribution in [1.82, 2.24) is 10.6 Å². The van der Waals surface area contributed by atoms with E-state index in [1.807, 2.05) is 12.1 Å². The Hall–Kier alpha value is -5.28. The molecule has 1 saturated heterocycles. The van der Waals surface area contributed by atoms with E-state index in [1.54, 1.807) is 48.5 Å². The van der Waals surface area contributed by atoms with Crippen LogP contribution in [0.5, 0.6) is 0 Å². The Morgan fingerprint density at radius 3 is 1.06 bits per heavy atom. The molecule has 0 bridgehead atoms. The van der Waals surface area contributed by atoms with E-state index in [0.717, 1.165) is 212 Å². The number of carbonyl (C=O) groups excluding carboxylic acids is 6. The number of aliphatic carboxylic acids is 1. The zero-order chi connectivity index (χ0) is 85.6. The molecular weight excluding hydrogens is 1520 g/mol. The van der Waals surface area contributed by atoms with Crippen LogP contribution >= 0.6 is 7.82 Å². The summed E-state index contributed by atoms with van der Waals surface area (Å²) in [5.41, 5.74) is 1.18. The first kappa shape index (κ1) is 107. The van der Waals surface area contributed by atoms with Gasteiger partial charge in [-0.25, -0.2) is 4.57 Å². The van der Waals surface area contributed by atoms with Gasteiger partial charge in [-0.05, 0) is 68.9 Å². The molecule has 1 aliphatic rings. The van der Waals surface area contributed by atoms with E-state index in [4.69, 9.17) is 42.0 Å². The minimum Gasteiger partial charge on any atom is -0.481 e. The second-order valence-electron chi connectivity index (χ2n) is 33.4. The summed E-state index contributed by atoms with van der Waals surface area (Å²) in [6, 6.07) is 14.8. The molecule has 1 aliphatic heterocycles. The van der Waals surface area contributed by atoms with Gasteiger partial charge in [0.1, 0.15) is 36.6 Å². The van der Waals surface area contributed by atoms with E-state index in [-0.39, 0.29) is 45.3 Å². The van der Waals surface area contributed by atoms with Gasteiger partial charge in [0.25, 0.3) is 0 Å². The Balaban J connectivity index is 2.27. The first-order valence-corrected chi connectivity index (χ1v) is 49.1. The maximum atomic E-state index is 15.8. The van der Waals surface area contributed by atoms with E-state index >= 15 is 14.2 Å². The summed E-state index contributed by atoms with van der Waals surface area (Å²) in [6.07, 6.45) is 38.9. The van der Waals surface area contributed by atoms with Crippen LogP contribution in [0.2, 0.25) is 0 Å². The summed E-state index contributed by atoms with van der Waals surface area (Å²) in [4.78, 5) is 99.8. The highest BCUT2D eigenvalue weighted by Crippen LogP contribution is 2.54. The topological polar surface area (TPSA) is 284 Å². The predicted octanol–water partition coefficient (Wildman–Crippen LogP) is 24.1. The number of ether oxygens (including phenoxy) is 6.